The molecule has 0 saturated heterocycles. The topological polar surface area (TPSA) is 92.7 Å². The first kappa shape index (κ1) is 15.9. The number of benzene rings is 1. The standard InChI is InChI=1S/C14H19NO5S/c1-20-14(17)11-3-2-4-13(8-11)21(18,19)15-9-10-5-6-12(16)7-10/h2-4,8,10,12,15-16H,5-7,9H2,1H3. The van der Waals surface area contributed by atoms with Crippen LogP contribution in [0, 0.1) is 5.92 Å². The van der Waals surface area contributed by atoms with Gasteiger partial charge in [-0.25, -0.2) is 17.9 Å². The van der Waals surface area contributed by atoms with Crippen LogP contribution in [-0.4, -0.2) is 39.3 Å². The Hall–Kier alpha value is -1.44. The maximum Gasteiger partial charge on any atom is 0.337 e. The monoisotopic (exact) mass is 313 g/mol. The van der Waals surface area contributed by atoms with E-state index in [1.165, 1.54) is 31.4 Å². The van der Waals surface area contributed by atoms with Gasteiger partial charge in [-0.2, -0.15) is 0 Å². The number of hydrogen-bond donors (Lipinski definition) is 2. The van der Waals surface area contributed by atoms with E-state index in [1.807, 2.05) is 0 Å². The van der Waals surface area contributed by atoms with Crippen LogP contribution in [0.25, 0.3) is 0 Å². The minimum atomic E-state index is -3.67. The number of methoxy groups -OCH3 is 1. The van der Waals surface area contributed by atoms with Crippen LogP contribution >= 0.6 is 0 Å². The van der Waals surface area contributed by atoms with Gasteiger partial charge in [0.1, 0.15) is 0 Å². The molecule has 2 N–H and O–H groups in total. The van der Waals surface area contributed by atoms with E-state index in [4.69, 9.17) is 0 Å². The Labute approximate surface area is 124 Å². The molecule has 1 aromatic rings. The van der Waals surface area contributed by atoms with Gasteiger partial charge in [-0.3, -0.25) is 0 Å². The highest BCUT2D eigenvalue weighted by Gasteiger charge is 2.25. The molecular weight excluding hydrogens is 294 g/mol. The van der Waals surface area contributed by atoms with Gasteiger partial charge in [-0.05, 0) is 43.4 Å². The summed E-state index contributed by atoms with van der Waals surface area (Å²) in [5.41, 5.74) is 0.191. The van der Waals surface area contributed by atoms with E-state index in [2.05, 4.69) is 9.46 Å². The van der Waals surface area contributed by atoms with Gasteiger partial charge in [0.15, 0.2) is 0 Å². The summed E-state index contributed by atoms with van der Waals surface area (Å²) in [7, 11) is -2.43. The largest absolute Gasteiger partial charge is 0.465 e. The fourth-order valence-corrected chi connectivity index (χ4v) is 3.61. The molecule has 1 aliphatic rings. The first-order valence-corrected chi connectivity index (χ1v) is 8.27. The Bertz CT molecular complexity index is 614. The average molecular weight is 313 g/mol. The lowest BCUT2D eigenvalue weighted by Crippen LogP contribution is -2.29. The molecule has 0 aliphatic heterocycles. The summed E-state index contributed by atoms with van der Waals surface area (Å²) in [6.07, 6.45) is 1.81. The molecule has 6 nitrogen and oxygen atoms in total. The molecule has 1 aromatic carbocycles. The van der Waals surface area contributed by atoms with Crippen LogP contribution in [-0.2, 0) is 14.8 Å². The number of sulfonamides is 1. The third-order valence-electron chi connectivity index (χ3n) is 3.64. The molecule has 2 rings (SSSR count). The van der Waals surface area contributed by atoms with Gasteiger partial charge in [0.25, 0.3) is 0 Å². The molecule has 116 valence electrons. The molecule has 0 aromatic heterocycles. The van der Waals surface area contributed by atoms with Crippen molar-refractivity contribution in [1.82, 2.24) is 4.72 Å². The van der Waals surface area contributed by atoms with Crippen LogP contribution in [0.15, 0.2) is 29.2 Å². The van der Waals surface area contributed by atoms with Crippen molar-refractivity contribution in [3.63, 3.8) is 0 Å². The van der Waals surface area contributed by atoms with Crippen molar-refractivity contribution in [3.8, 4) is 0 Å². The lowest BCUT2D eigenvalue weighted by Gasteiger charge is -2.12. The molecule has 21 heavy (non-hydrogen) atoms. The van der Waals surface area contributed by atoms with Crippen LogP contribution in [0.2, 0.25) is 0 Å². The summed E-state index contributed by atoms with van der Waals surface area (Å²) >= 11 is 0. The first-order valence-electron chi connectivity index (χ1n) is 6.78. The molecule has 0 spiro atoms. The quantitative estimate of drug-likeness (QED) is 0.788. The molecule has 0 bridgehead atoms. The normalized spacial score (nSPS) is 22.2. The van der Waals surface area contributed by atoms with Crippen LogP contribution in [0.1, 0.15) is 29.6 Å². The highest BCUT2D eigenvalue weighted by molar-refractivity contribution is 7.89. The van der Waals surface area contributed by atoms with Crippen molar-refractivity contribution in [2.24, 2.45) is 5.92 Å². The average Bonchev–Trinajstić information content (AvgIpc) is 2.90. The summed E-state index contributed by atoms with van der Waals surface area (Å²) in [6, 6.07) is 5.72. The Morgan fingerprint density at radius 3 is 2.81 bits per heavy atom. The van der Waals surface area contributed by atoms with E-state index >= 15 is 0 Å². The van der Waals surface area contributed by atoms with Crippen LogP contribution in [0.4, 0.5) is 0 Å². The second kappa shape index (κ2) is 6.55. The fourth-order valence-electron chi connectivity index (χ4n) is 2.45. The maximum atomic E-state index is 12.2. The van der Waals surface area contributed by atoms with Crippen molar-refractivity contribution >= 4 is 16.0 Å². The number of carbonyl (C=O) groups excluding carboxylic acids is 1. The second-order valence-electron chi connectivity index (χ2n) is 5.20. The Morgan fingerprint density at radius 2 is 2.19 bits per heavy atom. The van der Waals surface area contributed by atoms with Gasteiger partial charge >= 0.3 is 5.97 Å². The smallest absolute Gasteiger partial charge is 0.337 e. The van der Waals surface area contributed by atoms with E-state index in [1.54, 1.807) is 0 Å². The van der Waals surface area contributed by atoms with Gasteiger partial charge in [0.2, 0.25) is 10.0 Å². The van der Waals surface area contributed by atoms with Gasteiger partial charge in [0, 0.05) is 6.54 Å². The van der Waals surface area contributed by atoms with Crippen molar-refractivity contribution in [3.05, 3.63) is 29.8 Å². The van der Waals surface area contributed by atoms with E-state index in [0.717, 1.165) is 6.42 Å². The summed E-state index contributed by atoms with van der Waals surface area (Å²) in [4.78, 5) is 11.5. The van der Waals surface area contributed by atoms with Crippen molar-refractivity contribution in [2.75, 3.05) is 13.7 Å². The van der Waals surface area contributed by atoms with Crippen molar-refractivity contribution in [1.29, 1.82) is 0 Å². The lowest BCUT2D eigenvalue weighted by atomic mass is 10.1. The molecule has 1 saturated carbocycles. The molecule has 0 radical (unpaired) electrons. The zero-order chi connectivity index (χ0) is 15.5. The summed E-state index contributed by atoms with van der Waals surface area (Å²) in [5.74, 6) is -0.426. The number of nitrogens with one attached hydrogen (secondary N) is 1. The zero-order valence-corrected chi connectivity index (χ0v) is 12.6. The number of ether oxygens (including phenoxy) is 1. The van der Waals surface area contributed by atoms with Crippen molar-refractivity contribution in [2.45, 2.75) is 30.3 Å². The predicted molar refractivity (Wildman–Crippen MR) is 76.3 cm³/mol. The third kappa shape index (κ3) is 4.03. The molecule has 0 heterocycles. The zero-order valence-electron chi connectivity index (χ0n) is 11.8. The minimum Gasteiger partial charge on any atom is -0.465 e. The predicted octanol–water partition coefficient (Wildman–Crippen LogP) is 0.912. The molecule has 2 atom stereocenters. The number of esters is 1. The number of carbonyl (C=O) groups is 1. The Morgan fingerprint density at radius 1 is 1.43 bits per heavy atom. The highest BCUT2D eigenvalue weighted by Crippen LogP contribution is 2.25. The van der Waals surface area contributed by atoms with Crippen LogP contribution in [0.5, 0.6) is 0 Å². The number of hydrogen-bond acceptors (Lipinski definition) is 5. The van der Waals surface area contributed by atoms with Crippen LogP contribution in [0.3, 0.4) is 0 Å². The number of aliphatic hydroxyl groups excluding tert-OH is 1. The lowest BCUT2D eigenvalue weighted by molar-refractivity contribution is 0.0600. The van der Waals surface area contributed by atoms with Crippen molar-refractivity contribution < 1.29 is 23.1 Å². The first-order chi connectivity index (χ1) is 9.92. The fraction of sp³-hybridized carbons (Fsp3) is 0.500. The number of rotatable bonds is 5. The van der Waals surface area contributed by atoms with Crippen LogP contribution < -0.4 is 4.72 Å². The minimum absolute atomic E-state index is 0.0314. The third-order valence-corrected chi connectivity index (χ3v) is 5.06. The van der Waals surface area contributed by atoms with E-state index < -0.39 is 16.0 Å². The van der Waals surface area contributed by atoms with Gasteiger partial charge in [-0.15, -0.1) is 0 Å². The second-order valence-corrected chi connectivity index (χ2v) is 6.97. The van der Waals surface area contributed by atoms with Gasteiger partial charge < -0.3 is 9.84 Å². The van der Waals surface area contributed by atoms with Gasteiger partial charge in [0.05, 0.1) is 23.7 Å². The molecule has 1 fully saturated rings. The summed E-state index contributed by atoms with van der Waals surface area (Å²) in [5, 5.41) is 9.44. The van der Waals surface area contributed by atoms with E-state index in [9.17, 15) is 18.3 Å². The molecule has 1 aliphatic carbocycles. The summed E-state index contributed by atoms with van der Waals surface area (Å²) in [6.45, 7) is 0.293. The summed E-state index contributed by atoms with van der Waals surface area (Å²) < 4.78 is 31.5. The molecule has 2 unspecified atom stereocenters. The SMILES string of the molecule is COC(=O)c1cccc(S(=O)(=O)NCC2CCC(O)C2)c1. The highest BCUT2D eigenvalue weighted by atomic mass is 32.2. The maximum absolute atomic E-state index is 12.2. The molecule has 0 amide bonds. The van der Waals surface area contributed by atoms with E-state index in [0.29, 0.717) is 19.4 Å². The Balaban J connectivity index is 2.07. The van der Waals surface area contributed by atoms with E-state index in [-0.39, 0.29) is 22.5 Å². The van der Waals surface area contributed by atoms with Gasteiger partial charge in [-0.1, -0.05) is 6.07 Å². The molecular formula is C14H19NO5S. The molecule has 7 heteroatoms. The number of aliphatic hydroxyl groups is 1. The Kier molecular flexibility index (Phi) is 4.97.